The normalized spacial score (nSPS) is 22.4. The Bertz CT molecular complexity index is 484. The van der Waals surface area contributed by atoms with Crippen molar-refractivity contribution in [2.45, 2.75) is 6.04 Å². The maximum Gasteiger partial charge on any atom is 0.163 e. The second-order valence-electron chi connectivity index (χ2n) is 4.24. The third kappa shape index (κ3) is 1.95. The number of morpholine rings is 1. The molecule has 1 saturated heterocycles. The molecule has 1 aromatic carbocycles. The molecule has 2 aliphatic rings. The lowest BCUT2D eigenvalue weighted by atomic mass is 10.2. The van der Waals surface area contributed by atoms with Crippen LogP contribution in [0.15, 0.2) is 18.2 Å². The van der Waals surface area contributed by atoms with Gasteiger partial charge in [-0.2, -0.15) is 5.26 Å². The minimum Gasteiger partial charge on any atom is -0.486 e. The zero-order valence-electron chi connectivity index (χ0n) is 9.96. The van der Waals surface area contributed by atoms with Crippen molar-refractivity contribution >= 4 is 5.69 Å². The van der Waals surface area contributed by atoms with Crippen LogP contribution in [0.4, 0.5) is 5.69 Å². The van der Waals surface area contributed by atoms with E-state index in [1.165, 1.54) is 0 Å². The number of nitrogens with zero attached hydrogens (tertiary/aromatic N) is 2. The Labute approximate surface area is 105 Å². The number of benzene rings is 1. The summed E-state index contributed by atoms with van der Waals surface area (Å²) < 4.78 is 16.4. The zero-order chi connectivity index (χ0) is 12.4. The Hall–Kier alpha value is -1.93. The molecular formula is C13H14N2O3. The fourth-order valence-electron chi connectivity index (χ4n) is 2.23. The lowest BCUT2D eigenvalue weighted by molar-refractivity contribution is 0.107. The van der Waals surface area contributed by atoms with E-state index >= 15 is 0 Å². The monoisotopic (exact) mass is 246 g/mol. The van der Waals surface area contributed by atoms with Crippen molar-refractivity contribution in [1.29, 1.82) is 5.26 Å². The molecule has 0 aromatic heterocycles. The van der Waals surface area contributed by atoms with Crippen molar-refractivity contribution in [1.82, 2.24) is 0 Å². The standard InChI is InChI=1S/C13H14N2O3/c14-8-11-9-16-4-3-15(11)10-1-2-12-13(7-10)18-6-5-17-12/h1-2,7,11H,3-6,9H2. The van der Waals surface area contributed by atoms with Gasteiger partial charge in [0, 0.05) is 18.3 Å². The smallest absolute Gasteiger partial charge is 0.163 e. The second-order valence-corrected chi connectivity index (χ2v) is 4.24. The number of ether oxygens (including phenoxy) is 3. The lowest BCUT2D eigenvalue weighted by Gasteiger charge is -2.33. The number of anilines is 1. The van der Waals surface area contributed by atoms with Crippen molar-refractivity contribution in [3.05, 3.63) is 18.2 Å². The van der Waals surface area contributed by atoms with Crippen molar-refractivity contribution in [3.63, 3.8) is 0 Å². The first-order chi connectivity index (χ1) is 8.88. The van der Waals surface area contributed by atoms with Crippen LogP contribution in [-0.2, 0) is 4.74 Å². The van der Waals surface area contributed by atoms with Gasteiger partial charge in [-0.05, 0) is 12.1 Å². The molecule has 2 heterocycles. The molecule has 0 spiro atoms. The van der Waals surface area contributed by atoms with Crippen molar-refractivity contribution < 1.29 is 14.2 Å². The quantitative estimate of drug-likeness (QED) is 0.745. The van der Waals surface area contributed by atoms with E-state index in [0.717, 1.165) is 23.7 Å². The van der Waals surface area contributed by atoms with Crippen LogP contribution in [-0.4, -0.2) is 39.0 Å². The summed E-state index contributed by atoms with van der Waals surface area (Å²) in [6.45, 7) is 2.97. The van der Waals surface area contributed by atoms with Crippen molar-refractivity contribution in [3.8, 4) is 17.6 Å². The molecule has 0 N–H and O–H groups in total. The van der Waals surface area contributed by atoms with Gasteiger partial charge < -0.3 is 19.1 Å². The molecule has 0 radical (unpaired) electrons. The number of rotatable bonds is 1. The summed E-state index contributed by atoms with van der Waals surface area (Å²) in [6, 6.07) is 7.82. The minimum atomic E-state index is -0.235. The third-order valence-corrected chi connectivity index (χ3v) is 3.13. The van der Waals surface area contributed by atoms with Gasteiger partial charge in [-0.25, -0.2) is 0 Å². The minimum absolute atomic E-state index is 0.235. The number of nitriles is 1. The molecule has 3 rings (SSSR count). The van der Waals surface area contributed by atoms with Crippen molar-refractivity contribution in [2.24, 2.45) is 0 Å². The first kappa shape index (κ1) is 11.2. The van der Waals surface area contributed by atoms with Gasteiger partial charge in [0.15, 0.2) is 11.5 Å². The van der Waals surface area contributed by atoms with Gasteiger partial charge in [0.05, 0.1) is 19.3 Å². The first-order valence-electron chi connectivity index (χ1n) is 6.02. The van der Waals surface area contributed by atoms with E-state index < -0.39 is 0 Å². The summed E-state index contributed by atoms with van der Waals surface area (Å²) >= 11 is 0. The fraction of sp³-hybridized carbons (Fsp3) is 0.462. The van der Waals surface area contributed by atoms with Gasteiger partial charge >= 0.3 is 0 Å². The summed E-state index contributed by atoms with van der Waals surface area (Å²) in [5.41, 5.74) is 0.981. The molecule has 1 atom stereocenters. The Morgan fingerprint density at radius 1 is 1.17 bits per heavy atom. The Kier molecular flexibility index (Phi) is 2.95. The molecule has 5 nitrogen and oxygen atoms in total. The van der Waals surface area contributed by atoms with Crippen LogP contribution in [0.3, 0.4) is 0 Å². The average molecular weight is 246 g/mol. The number of hydrogen-bond donors (Lipinski definition) is 0. The fourth-order valence-corrected chi connectivity index (χ4v) is 2.23. The molecular weight excluding hydrogens is 232 g/mol. The van der Waals surface area contributed by atoms with Crippen LogP contribution in [0, 0.1) is 11.3 Å². The van der Waals surface area contributed by atoms with Crippen LogP contribution < -0.4 is 14.4 Å². The summed E-state index contributed by atoms with van der Waals surface area (Å²) in [5, 5.41) is 9.13. The maximum absolute atomic E-state index is 9.13. The molecule has 1 fully saturated rings. The predicted octanol–water partition coefficient (Wildman–Crippen LogP) is 1.19. The highest BCUT2D eigenvalue weighted by Crippen LogP contribution is 2.34. The average Bonchev–Trinajstić information content (AvgIpc) is 2.46. The van der Waals surface area contributed by atoms with Crippen LogP contribution in [0.1, 0.15) is 0 Å². The molecule has 18 heavy (non-hydrogen) atoms. The zero-order valence-corrected chi connectivity index (χ0v) is 9.96. The highest BCUT2D eigenvalue weighted by molar-refractivity contribution is 5.58. The summed E-state index contributed by atoms with van der Waals surface area (Å²) in [7, 11) is 0. The van der Waals surface area contributed by atoms with Gasteiger partial charge in [-0.3, -0.25) is 0 Å². The molecule has 0 amide bonds. The third-order valence-electron chi connectivity index (χ3n) is 3.13. The molecule has 5 heteroatoms. The highest BCUT2D eigenvalue weighted by Gasteiger charge is 2.24. The molecule has 1 aromatic rings. The van der Waals surface area contributed by atoms with Gasteiger partial charge in [-0.15, -0.1) is 0 Å². The molecule has 0 aliphatic carbocycles. The summed E-state index contributed by atoms with van der Waals surface area (Å²) in [4.78, 5) is 2.04. The van der Waals surface area contributed by atoms with E-state index in [1.807, 2.05) is 23.1 Å². The van der Waals surface area contributed by atoms with Gasteiger partial charge in [0.25, 0.3) is 0 Å². The van der Waals surface area contributed by atoms with E-state index in [-0.39, 0.29) is 6.04 Å². The maximum atomic E-state index is 9.13. The topological polar surface area (TPSA) is 54.7 Å². The van der Waals surface area contributed by atoms with Crippen LogP contribution in [0.2, 0.25) is 0 Å². The van der Waals surface area contributed by atoms with E-state index in [4.69, 9.17) is 19.5 Å². The number of hydrogen-bond acceptors (Lipinski definition) is 5. The summed E-state index contributed by atoms with van der Waals surface area (Å²) in [6.07, 6.45) is 0. The van der Waals surface area contributed by atoms with Gasteiger partial charge in [0.1, 0.15) is 19.3 Å². The van der Waals surface area contributed by atoms with Crippen LogP contribution in [0.5, 0.6) is 11.5 Å². The Morgan fingerprint density at radius 3 is 2.83 bits per heavy atom. The van der Waals surface area contributed by atoms with E-state index in [0.29, 0.717) is 26.4 Å². The first-order valence-corrected chi connectivity index (χ1v) is 6.02. The van der Waals surface area contributed by atoms with E-state index in [1.54, 1.807) is 0 Å². The predicted molar refractivity (Wildman–Crippen MR) is 65.0 cm³/mol. The molecule has 94 valence electrons. The molecule has 0 bridgehead atoms. The van der Waals surface area contributed by atoms with E-state index in [9.17, 15) is 0 Å². The molecule has 1 unspecified atom stereocenters. The van der Waals surface area contributed by atoms with Crippen LogP contribution >= 0.6 is 0 Å². The van der Waals surface area contributed by atoms with Crippen molar-refractivity contribution in [2.75, 3.05) is 37.9 Å². The Balaban J connectivity index is 1.89. The molecule has 2 aliphatic heterocycles. The highest BCUT2D eigenvalue weighted by atomic mass is 16.6. The second kappa shape index (κ2) is 4.75. The number of fused-ring (bicyclic) bond motifs is 1. The van der Waals surface area contributed by atoms with Gasteiger partial charge in [-0.1, -0.05) is 0 Å². The molecule has 0 saturated carbocycles. The lowest BCUT2D eigenvalue weighted by Crippen LogP contribution is -2.44. The SMILES string of the molecule is N#CC1COCCN1c1ccc2c(c1)OCCO2. The van der Waals surface area contributed by atoms with Crippen LogP contribution in [0.25, 0.3) is 0 Å². The van der Waals surface area contributed by atoms with Gasteiger partial charge in [0.2, 0.25) is 0 Å². The summed E-state index contributed by atoms with van der Waals surface area (Å²) in [5.74, 6) is 1.52. The largest absolute Gasteiger partial charge is 0.486 e. The Morgan fingerprint density at radius 2 is 2.00 bits per heavy atom. The van der Waals surface area contributed by atoms with E-state index in [2.05, 4.69) is 6.07 Å².